The van der Waals surface area contributed by atoms with Crippen molar-refractivity contribution in [3.05, 3.63) is 47.3 Å². The first-order valence-electron chi connectivity index (χ1n) is 8.90. The number of carbonyl (C=O) groups excluding carboxylic acids is 2. The van der Waals surface area contributed by atoms with Gasteiger partial charge in [-0.25, -0.2) is 4.39 Å². The number of hydrogen-bond acceptors (Lipinski definition) is 5. The zero-order valence-electron chi connectivity index (χ0n) is 16.2. The van der Waals surface area contributed by atoms with Crippen LogP contribution in [0.5, 0.6) is 17.2 Å². The minimum atomic E-state index is -0.897. The molecule has 1 aliphatic rings. The molecule has 0 saturated carbocycles. The molecule has 0 bridgehead atoms. The number of ether oxygens (including phenoxy) is 3. The molecule has 0 unspecified atom stereocenters. The van der Waals surface area contributed by atoms with Crippen molar-refractivity contribution < 1.29 is 28.2 Å². The number of anilines is 1. The van der Waals surface area contributed by atoms with Gasteiger partial charge in [-0.15, -0.1) is 0 Å². The molecule has 2 aromatic rings. The molecule has 28 heavy (non-hydrogen) atoms. The Labute approximate surface area is 162 Å². The molecule has 0 saturated heterocycles. The Morgan fingerprint density at radius 3 is 2.50 bits per heavy atom. The van der Waals surface area contributed by atoms with Gasteiger partial charge in [0.1, 0.15) is 11.6 Å². The summed E-state index contributed by atoms with van der Waals surface area (Å²) in [6.45, 7) is 3.36. The molecule has 0 aromatic heterocycles. The number of nitrogens with one attached hydrogen (secondary N) is 1. The van der Waals surface area contributed by atoms with Gasteiger partial charge in [-0.05, 0) is 37.1 Å². The van der Waals surface area contributed by atoms with Crippen LogP contribution in [0.3, 0.4) is 0 Å². The summed E-state index contributed by atoms with van der Waals surface area (Å²) in [5.74, 6) is 0.0168. The van der Waals surface area contributed by atoms with Crippen molar-refractivity contribution in [1.82, 2.24) is 0 Å². The fraction of sp³-hybridized carbons (Fsp3) is 0.333. The molecule has 6 nitrogen and oxygen atoms in total. The smallest absolute Gasteiger partial charge is 0.265 e. The van der Waals surface area contributed by atoms with E-state index in [0.717, 1.165) is 0 Å². The summed E-state index contributed by atoms with van der Waals surface area (Å²) >= 11 is 0. The number of methoxy groups -OCH3 is 2. The highest BCUT2D eigenvalue weighted by molar-refractivity contribution is 6.04. The molecule has 0 radical (unpaired) electrons. The summed E-state index contributed by atoms with van der Waals surface area (Å²) in [5.41, 5.74) is 1.10. The number of benzene rings is 2. The third-order valence-corrected chi connectivity index (χ3v) is 4.74. The lowest BCUT2D eigenvalue weighted by atomic mass is 10.0. The molecule has 0 spiro atoms. The fourth-order valence-corrected chi connectivity index (χ4v) is 3.33. The van der Waals surface area contributed by atoms with Crippen molar-refractivity contribution in [2.45, 2.75) is 32.3 Å². The maximum Gasteiger partial charge on any atom is 0.265 e. The van der Waals surface area contributed by atoms with Crippen molar-refractivity contribution >= 4 is 17.4 Å². The van der Waals surface area contributed by atoms with Gasteiger partial charge in [-0.1, -0.05) is 6.92 Å². The number of amides is 1. The lowest BCUT2D eigenvalue weighted by molar-refractivity contribution is -0.122. The van der Waals surface area contributed by atoms with Crippen molar-refractivity contribution in [3.8, 4) is 17.2 Å². The largest absolute Gasteiger partial charge is 0.493 e. The van der Waals surface area contributed by atoms with Crippen LogP contribution in [0, 0.1) is 5.82 Å². The highest BCUT2D eigenvalue weighted by atomic mass is 19.1. The number of rotatable bonds is 6. The molecule has 1 aliphatic carbocycles. The van der Waals surface area contributed by atoms with E-state index in [0.29, 0.717) is 22.7 Å². The van der Waals surface area contributed by atoms with Crippen LogP contribution in [-0.4, -0.2) is 32.0 Å². The quantitative estimate of drug-likeness (QED) is 0.813. The average molecular weight is 387 g/mol. The van der Waals surface area contributed by atoms with E-state index in [2.05, 4.69) is 5.32 Å². The van der Waals surface area contributed by atoms with Gasteiger partial charge in [0.25, 0.3) is 5.91 Å². The van der Waals surface area contributed by atoms with Crippen molar-refractivity contribution in [3.63, 3.8) is 0 Å². The van der Waals surface area contributed by atoms with Gasteiger partial charge in [0.05, 0.1) is 19.8 Å². The monoisotopic (exact) mass is 387 g/mol. The molecule has 2 aromatic carbocycles. The van der Waals surface area contributed by atoms with Crippen LogP contribution in [0.4, 0.5) is 10.1 Å². The number of Topliss-reactive ketones (excluding diaryl/α,β-unsaturated/α-hetero) is 1. The normalized spacial score (nSPS) is 16.3. The maximum absolute atomic E-state index is 14.1. The van der Waals surface area contributed by atoms with Gasteiger partial charge in [0, 0.05) is 23.7 Å². The second kappa shape index (κ2) is 7.88. The summed E-state index contributed by atoms with van der Waals surface area (Å²) < 4.78 is 30.2. The van der Waals surface area contributed by atoms with Gasteiger partial charge in [0.15, 0.2) is 23.4 Å². The standard InChI is InChI=1S/C21H22FNO5/c1-11-9-15(24)20-17(8-6-14(22)19(11)20)28-12(2)21(25)23-13-5-7-16(26-3)18(10-13)27-4/h5-8,10-12H,9H2,1-4H3,(H,23,25)/t11-,12-/m1/s1. The van der Waals surface area contributed by atoms with Crippen LogP contribution in [0.1, 0.15) is 42.1 Å². The zero-order valence-corrected chi connectivity index (χ0v) is 16.2. The molecule has 148 valence electrons. The highest BCUT2D eigenvalue weighted by Crippen LogP contribution is 2.40. The molecule has 1 N–H and O–H groups in total. The summed E-state index contributed by atoms with van der Waals surface area (Å²) in [7, 11) is 3.03. The molecule has 2 atom stereocenters. The number of ketones is 1. The van der Waals surface area contributed by atoms with E-state index in [1.165, 1.54) is 26.4 Å². The van der Waals surface area contributed by atoms with E-state index in [9.17, 15) is 14.0 Å². The number of halogens is 1. The molecule has 3 rings (SSSR count). The van der Waals surface area contributed by atoms with Gasteiger partial charge < -0.3 is 19.5 Å². The number of fused-ring (bicyclic) bond motifs is 1. The van der Waals surface area contributed by atoms with Gasteiger partial charge in [-0.2, -0.15) is 0 Å². The molecule has 0 heterocycles. The fourth-order valence-electron chi connectivity index (χ4n) is 3.33. The highest BCUT2D eigenvalue weighted by Gasteiger charge is 2.33. The Bertz CT molecular complexity index is 927. The second-order valence-electron chi connectivity index (χ2n) is 6.68. The first-order chi connectivity index (χ1) is 13.3. The molecular formula is C21H22FNO5. The minimum Gasteiger partial charge on any atom is -0.493 e. The van der Waals surface area contributed by atoms with Crippen molar-refractivity contribution in [2.24, 2.45) is 0 Å². The number of carbonyl (C=O) groups is 2. The predicted molar refractivity (Wildman–Crippen MR) is 102 cm³/mol. The molecule has 7 heteroatoms. The lowest BCUT2D eigenvalue weighted by Gasteiger charge is -2.18. The summed E-state index contributed by atoms with van der Waals surface area (Å²) in [5, 5.41) is 2.73. The minimum absolute atomic E-state index is 0.176. The molecule has 1 amide bonds. The van der Waals surface area contributed by atoms with E-state index in [-0.39, 0.29) is 29.4 Å². The van der Waals surface area contributed by atoms with E-state index >= 15 is 0 Å². The molecular weight excluding hydrogens is 365 g/mol. The van der Waals surface area contributed by atoms with E-state index in [4.69, 9.17) is 14.2 Å². The van der Waals surface area contributed by atoms with Gasteiger partial charge in [-0.3, -0.25) is 9.59 Å². The average Bonchev–Trinajstić information content (AvgIpc) is 2.98. The first kappa shape index (κ1) is 19.7. The van der Waals surface area contributed by atoms with Crippen LogP contribution in [-0.2, 0) is 4.79 Å². The van der Waals surface area contributed by atoms with Crippen LogP contribution in [0.15, 0.2) is 30.3 Å². The Hall–Kier alpha value is -3.09. The van der Waals surface area contributed by atoms with Crippen LogP contribution < -0.4 is 19.5 Å². The Balaban J connectivity index is 1.77. The van der Waals surface area contributed by atoms with Gasteiger partial charge >= 0.3 is 0 Å². The predicted octanol–water partition coefficient (Wildman–Crippen LogP) is 3.94. The summed E-state index contributed by atoms with van der Waals surface area (Å²) in [6.07, 6.45) is -0.662. The SMILES string of the molecule is COc1ccc(NC(=O)[C@@H](C)Oc2ccc(F)c3c2C(=O)C[C@H]3C)cc1OC. The lowest BCUT2D eigenvalue weighted by Crippen LogP contribution is -2.30. The Kier molecular flexibility index (Phi) is 5.53. The first-order valence-corrected chi connectivity index (χ1v) is 8.90. The van der Waals surface area contributed by atoms with Crippen LogP contribution in [0.2, 0.25) is 0 Å². The van der Waals surface area contributed by atoms with E-state index < -0.39 is 17.8 Å². The Morgan fingerprint density at radius 1 is 1.14 bits per heavy atom. The van der Waals surface area contributed by atoms with Crippen LogP contribution in [0.25, 0.3) is 0 Å². The Morgan fingerprint density at radius 2 is 1.82 bits per heavy atom. The third-order valence-electron chi connectivity index (χ3n) is 4.74. The molecule has 0 aliphatic heterocycles. The summed E-state index contributed by atoms with van der Waals surface area (Å²) in [4.78, 5) is 24.8. The zero-order chi connectivity index (χ0) is 20.4. The maximum atomic E-state index is 14.1. The van der Waals surface area contributed by atoms with Crippen LogP contribution >= 0.6 is 0 Å². The third kappa shape index (κ3) is 3.65. The van der Waals surface area contributed by atoms with E-state index in [1.807, 2.05) is 0 Å². The number of hydrogen-bond donors (Lipinski definition) is 1. The molecule has 0 fully saturated rings. The van der Waals surface area contributed by atoms with Gasteiger partial charge in [0.2, 0.25) is 0 Å². The second-order valence-corrected chi connectivity index (χ2v) is 6.68. The van der Waals surface area contributed by atoms with Crippen molar-refractivity contribution in [1.29, 1.82) is 0 Å². The van der Waals surface area contributed by atoms with Crippen molar-refractivity contribution in [2.75, 3.05) is 19.5 Å². The topological polar surface area (TPSA) is 73.9 Å². The van der Waals surface area contributed by atoms with E-state index in [1.54, 1.807) is 32.0 Å². The summed E-state index contributed by atoms with van der Waals surface area (Å²) in [6, 6.07) is 7.64.